The Labute approximate surface area is 125 Å². The van der Waals surface area contributed by atoms with Gasteiger partial charge in [-0.25, -0.2) is 0 Å². The first-order chi connectivity index (χ1) is 10.3. The molecule has 0 amide bonds. The lowest BCUT2D eigenvalue weighted by Gasteiger charge is -2.22. The molecule has 1 aromatic carbocycles. The zero-order valence-electron chi connectivity index (χ0n) is 12.6. The van der Waals surface area contributed by atoms with Crippen LogP contribution in [0.2, 0.25) is 0 Å². The summed E-state index contributed by atoms with van der Waals surface area (Å²) in [4.78, 5) is 4.64. The van der Waals surface area contributed by atoms with Gasteiger partial charge in [0.25, 0.3) is 0 Å². The van der Waals surface area contributed by atoms with E-state index in [1.807, 2.05) is 0 Å². The van der Waals surface area contributed by atoms with Gasteiger partial charge in [-0.1, -0.05) is 42.8 Å². The third kappa shape index (κ3) is 3.00. The SMILES string of the molecule is CCC(CN)Cc1nc(C2CCCc3ccccc32)no1. The van der Waals surface area contributed by atoms with Crippen LogP contribution in [0.4, 0.5) is 0 Å². The number of hydrogen-bond donors (Lipinski definition) is 1. The summed E-state index contributed by atoms with van der Waals surface area (Å²) in [6, 6.07) is 8.61. The van der Waals surface area contributed by atoms with E-state index in [-0.39, 0.29) is 5.92 Å². The highest BCUT2D eigenvalue weighted by Crippen LogP contribution is 2.35. The van der Waals surface area contributed by atoms with Crippen LogP contribution in [0.1, 0.15) is 54.9 Å². The van der Waals surface area contributed by atoms with Crippen LogP contribution in [-0.4, -0.2) is 16.7 Å². The minimum atomic E-state index is 0.283. The van der Waals surface area contributed by atoms with Crippen molar-refractivity contribution in [3.63, 3.8) is 0 Å². The van der Waals surface area contributed by atoms with Crippen LogP contribution in [0.5, 0.6) is 0 Å². The van der Waals surface area contributed by atoms with Crippen LogP contribution in [0.15, 0.2) is 28.8 Å². The molecule has 2 N–H and O–H groups in total. The van der Waals surface area contributed by atoms with Crippen molar-refractivity contribution in [3.05, 3.63) is 47.1 Å². The summed E-state index contributed by atoms with van der Waals surface area (Å²) < 4.78 is 5.45. The van der Waals surface area contributed by atoms with Crippen LogP contribution in [-0.2, 0) is 12.8 Å². The second-order valence-electron chi connectivity index (χ2n) is 5.90. The smallest absolute Gasteiger partial charge is 0.226 e. The highest BCUT2D eigenvalue weighted by molar-refractivity contribution is 5.36. The summed E-state index contributed by atoms with van der Waals surface area (Å²) in [6.07, 6.45) is 5.27. The molecule has 4 heteroatoms. The molecule has 1 heterocycles. The highest BCUT2D eigenvalue weighted by atomic mass is 16.5. The van der Waals surface area contributed by atoms with Gasteiger partial charge in [-0.3, -0.25) is 0 Å². The molecule has 0 fully saturated rings. The summed E-state index contributed by atoms with van der Waals surface area (Å²) in [5.41, 5.74) is 8.54. The van der Waals surface area contributed by atoms with Crippen LogP contribution in [0.3, 0.4) is 0 Å². The second-order valence-corrected chi connectivity index (χ2v) is 5.90. The standard InChI is InChI=1S/C17H23N3O/c1-2-12(11-18)10-16-19-17(20-21-16)15-9-5-7-13-6-3-4-8-14(13)15/h3-4,6,8,12,15H,2,5,7,9-11,18H2,1H3. The summed E-state index contributed by atoms with van der Waals surface area (Å²) in [6.45, 7) is 2.81. The van der Waals surface area contributed by atoms with Crippen molar-refractivity contribution in [2.75, 3.05) is 6.54 Å². The molecule has 0 aliphatic heterocycles. The van der Waals surface area contributed by atoms with Crippen molar-refractivity contribution in [1.82, 2.24) is 10.1 Å². The molecule has 1 aromatic heterocycles. The number of rotatable bonds is 5. The highest BCUT2D eigenvalue weighted by Gasteiger charge is 2.26. The number of aryl methyl sites for hydroxylation is 1. The van der Waals surface area contributed by atoms with E-state index < -0.39 is 0 Å². The van der Waals surface area contributed by atoms with Crippen molar-refractivity contribution in [1.29, 1.82) is 0 Å². The van der Waals surface area contributed by atoms with Gasteiger partial charge in [-0.15, -0.1) is 0 Å². The van der Waals surface area contributed by atoms with Crippen molar-refractivity contribution >= 4 is 0 Å². The van der Waals surface area contributed by atoms with E-state index >= 15 is 0 Å². The molecule has 1 aliphatic carbocycles. The lowest BCUT2D eigenvalue weighted by Crippen LogP contribution is -2.16. The van der Waals surface area contributed by atoms with Crippen LogP contribution in [0.25, 0.3) is 0 Å². The van der Waals surface area contributed by atoms with Crippen molar-refractivity contribution in [3.8, 4) is 0 Å². The quantitative estimate of drug-likeness (QED) is 0.917. The van der Waals surface area contributed by atoms with Gasteiger partial charge in [0.2, 0.25) is 5.89 Å². The zero-order valence-corrected chi connectivity index (χ0v) is 12.6. The van der Waals surface area contributed by atoms with Gasteiger partial charge >= 0.3 is 0 Å². The number of nitrogens with zero attached hydrogens (tertiary/aromatic N) is 2. The molecule has 0 spiro atoms. The van der Waals surface area contributed by atoms with Gasteiger partial charge < -0.3 is 10.3 Å². The van der Waals surface area contributed by atoms with E-state index in [4.69, 9.17) is 10.3 Å². The Morgan fingerprint density at radius 2 is 2.24 bits per heavy atom. The Kier molecular flexibility index (Phi) is 4.34. The number of benzene rings is 1. The maximum absolute atomic E-state index is 5.75. The minimum absolute atomic E-state index is 0.283. The molecule has 0 saturated carbocycles. The Bertz CT molecular complexity index is 589. The van der Waals surface area contributed by atoms with Crippen molar-refractivity contribution in [2.24, 2.45) is 11.7 Å². The maximum Gasteiger partial charge on any atom is 0.226 e. The summed E-state index contributed by atoms with van der Waals surface area (Å²) in [7, 11) is 0. The van der Waals surface area contributed by atoms with Gasteiger partial charge in [-0.2, -0.15) is 4.98 Å². The lowest BCUT2D eigenvalue weighted by molar-refractivity contribution is 0.345. The molecule has 2 unspecified atom stereocenters. The number of aromatic nitrogens is 2. The fourth-order valence-corrected chi connectivity index (χ4v) is 3.16. The molecular formula is C17H23N3O. The summed E-state index contributed by atoms with van der Waals surface area (Å²) >= 11 is 0. The summed E-state index contributed by atoms with van der Waals surface area (Å²) in [5, 5.41) is 4.23. The Hall–Kier alpha value is -1.68. The molecule has 21 heavy (non-hydrogen) atoms. The van der Waals surface area contributed by atoms with Crippen LogP contribution in [0, 0.1) is 5.92 Å². The van der Waals surface area contributed by atoms with Crippen molar-refractivity contribution in [2.45, 2.75) is 44.9 Å². The fourth-order valence-electron chi connectivity index (χ4n) is 3.16. The first-order valence-electron chi connectivity index (χ1n) is 7.92. The normalized spacial score (nSPS) is 19.2. The molecule has 2 aromatic rings. The minimum Gasteiger partial charge on any atom is -0.339 e. The molecular weight excluding hydrogens is 262 g/mol. The topological polar surface area (TPSA) is 64.9 Å². The molecule has 3 rings (SSSR count). The number of fused-ring (bicyclic) bond motifs is 1. The van der Waals surface area contributed by atoms with E-state index in [0.29, 0.717) is 12.5 Å². The second kappa shape index (κ2) is 6.39. The molecule has 2 atom stereocenters. The van der Waals surface area contributed by atoms with E-state index in [9.17, 15) is 0 Å². The first-order valence-corrected chi connectivity index (χ1v) is 7.92. The predicted octanol–water partition coefficient (Wildman–Crippen LogP) is 3.07. The number of nitrogens with two attached hydrogens (primary N) is 1. The molecule has 0 saturated heterocycles. The average Bonchev–Trinajstić information content (AvgIpc) is 3.00. The van der Waals surface area contributed by atoms with Gasteiger partial charge in [0.15, 0.2) is 5.82 Å². The summed E-state index contributed by atoms with van der Waals surface area (Å²) in [5.74, 6) is 2.27. The predicted molar refractivity (Wildman–Crippen MR) is 82.1 cm³/mol. The van der Waals surface area contributed by atoms with Gasteiger partial charge in [0.1, 0.15) is 0 Å². The Morgan fingerprint density at radius 3 is 3.05 bits per heavy atom. The van der Waals surface area contributed by atoms with Gasteiger partial charge in [-0.05, 0) is 42.9 Å². The van der Waals surface area contributed by atoms with E-state index in [1.54, 1.807) is 0 Å². The van der Waals surface area contributed by atoms with E-state index in [1.165, 1.54) is 17.5 Å². The molecule has 112 valence electrons. The Balaban J connectivity index is 1.81. The first kappa shape index (κ1) is 14.3. The Morgan fingerprint density at radius 1 is 1.38 bits per heavy atom. The van der Waals surface area contributed by atoms with Crippen LogP contribution >= 0.6 is 0 Å². The number of hydrogen-bond acceptors (Lipinski definition) is 4. The zero-order chi connectivity index (χ0) is 14.7. The third-order valence-electron chi connectivity index (χ3n) is 4.54. The van der Waals surface area contributed by atoms with Gasteiger partial charge in [0.05, 0.1) is 0 Å². The fraction of sp³-hybridized carbons (Fsp3) is 0.529. The third-order valence-corrected chi connectivity index (χ3v) is 4.54. The van der Waals surface area contributed by atoms with Crippen LogP contribution < -0.4 is 5.73 Å². The molecule has 0 radical (unpaired) electrons. The van der Waals surface area contributed by atoms with Crippen molar-refractivity contribution < 1.29 is 4.52 Å². The molecule has 1 aliphatic rings. The molecule has 0 bridgehead atoms. The molecule has 4 nitrogen and oxygen atoms in total. The van der Waals surface area contributed by atoms with Gasteiger partial charge in [0, 0.05) is 12.3 Å². The maximum atomic E-state index is 5.75. The van der Waals surface area contributed by atoms with E-state index in [0.717, 1.165) is 37.4 Å². The largest absolute Gasteiger partial charge is 0.339 e. The monoisotopic (exact) mass is 285 g/mol. The lowest BCUT2D eigenvalue weighted by atomic mass is 9.82. The average molecular weight is 285 g/mol. The van der Waals surface area contributed by atoms with E-state index in [2.05, 4.69) is 41.3 Å².